The van der Waals surface area contributed by atoms with E-state index in [4.69, 9.17) is 11.5 Å². The zero-order valence-corrected chi connectivity index (χ0v) is 10.4. The molecule has 1 fully saturated rings. The van der Waals surface area contributed by atoms with Crippen LogP contribution in [-0.4, -0.2) is 24.5 Å². The molecule has 0 aromatic rings. The van der Waals surface area contributed by atoms with E-state index in [2.05, 4.69) is 5.32 Å². The molecule has 0 aliphatic heterocycles. The highest BCUT2D eigenvalue weighted by Crippen LogP contribution is 2.24. The SMILES string of the molecule is CC(C)C(NC1CCCCC1CN)C(N)=O. The summed E-state index contributed by atoms with van der Waals surface area (Å²) in [6.07, 6.45) is 4.75. The Balaban J connectivity index is 2.58. The summed E-state index contributed by atoms with van der Waals surface area (Å²) >= 11 is 0. The molecular formula is C12H25N3O. The molecule has 4 nitrogen and oxygen atoms in total. The Bertz CT molecular complexity index is 230. The number of primary amides is 1. The van der Waals surface area contributed by atoms with E-state index in [0.717, 1.165) is 12.8 Å². The van der Waals surface area contributed by atoms with Gasteiger partial charge in [0.25, 0.3) is 0 Å². The first kappa shape index (κ1) is 13.5. The lowest BCUT2D eigenvalue weighted by atomic mass is 9.83. The fraction of sp³-hybridized carbons (Fsp3) is 0.917. The van der Waals surface area contributed by atoms with E-state index in [1.165, 1.54) is 12.8 Å². The molecule has 0 spiro atoms. The lowest BCUT2D eigenvalue weighted by molar-refractivity contribution is -0.121. The van der Waals surface area contributed by atoms with Crippen LogP contribution in [0.1, 0.15) is 39.5 Å². The van der Waals surface area contributed by atoms with Gasteiger partial charge in [0.15, 0.2) is 0 Å². The van der Waals surface area contributed by atoms with Gasteiger partial charge in [0.2, 0.25) is 5.91 Å². The van der Waals surface area contributed by atoms with E-state index in [-0.39, 0.29) is 17.9 Å². The summed E-state index contributed by atoms with van der Waals surface area (Å²) in [6.45, 7) is 4.73. The lowest BCUT2D eigenvalue weighted by Crippen LogP contribution is -2.53. The van der Waals surface area contributed by atoms with Crippen molar-refractivity contribution in [3.63, 3.8) is 0 Å². The number of amides is 1. The van der Waals surface area contributed by atoms with Gasteiger partial charge in [-0.15, -0.1) is 0 Å². The van der Waals surface area contributed by atoms with Crippen LogP contribution < -0.4 is 16.8 Å². The standard InChI is InChI=1S/C12H25N3O/c1-8(2)11(12(14)16)15-10-6-4-3-5-9(10)7-13/h8-11,15H,3-7,13H2,1-2H3,(H2,14,16). The van der Waals surface area contributed by atoms with Crippen molar-refractivity contribution in [2.24, 2.45) is 23.3 Å². The number of nitrogens with one attached hydrogen (secondary N) is 1. The Morgan fingerprint density at radius 3 is 2.50 bits per heavy atom. The molecule has 0 radical (unpaired) electrons. The van der Waals surface area contributed by atoms with Crippen LogP contribution >= 0.6 is 0 Å². The first-order valence-corrected chi connectivity index (χ1v) is 6.31. The van der Waals surface area contributed by atoms with Gasteiger partial charge < -0.3 is 16.8 Å². The van der Waals surface area contributed by atoms with Crippen LogP contribution in [0.2, 0.25) is 0 Å². The highest BCUT2D eigenvalue weighted by molar-refractivity contribution is 5.80. The summed E-state index contributed by atoms with van der Waals surface area (Å²) in [5, 5.41) is 3.40. The molecule has 0 heterocycles. The van der Waals surface area contributed by atoms with Gasteiger partial charge in [0.1, 0.15) is 0 Å². The molecule has 0 saturated heterocycles. The molecule has 94 valence electrons. The first-order valence-electron chi connectivity index (χ1n) is 6.31. The van der Waals surface area contributed by atoms with Crippen LogP contribution in [-0.2, 0) is 4.79 Å². The maximum absolute atomic E-state index is 11.3. The highest BCUT2D eigenvalue weighted by Gasteiger charge is 2.29. The summed E-state index contributed by atoms with van der Waals surface area (Å²) in [7, 11) is 0. The van der Waals surface area contributed by atoms with Crippen LogP contribution in [0.4, 0.5) is 0 Å². The monoisotopic (exact) mass is 227 g/mol. The van der Waals surface area contributed by atoms with Crippen molar-refractivity contribution in [3.05, 3.63) is 0 Å². The zero-order chi connectivity index (χ0) is 12.1. The average molecular weight is 227 g/mol. The molecule has 16 heavy (non-hydrogen) atoms. The Morgan fingerprint density at radius 2 is 2.00 bits per heavy atom. The third kappa shape index (κ3) is 3.46. The van der Waals surface area contributed by atoms with Gasteiger partial charge in [-0.1, -0.05) is 26.7 Å². The maximum Gasteiger partial charge on any atom is 0.234 e. The molecule has 1 rings (SSSR count). The van der Waals surface area contributed by atoms with E-state index in [1.54, 1.807) is 0 Å². The molecule has 0 aromatic heterocycles. The largest absolute Gasteiger partial charge is 0.368 e. The molecular weight excluding hydrogens is 202 g/mol. The van der Waals surface area contributed by atoms with Crippen molar-refractivity contribution in [1.29, 1.82) is 0 Å². The Hall–Kier alpha value is -0.610. The molecule has 1 saturated carbocycles. The molecule has 1 aliphatic carbocycles. The van der Waals surface area contributed by atoms with Gasteiger partial charge in [-0.3, -0.25) is 4.79 Å². The second-order valence-electron chi connectivity index (χ2n) is 5.18. The van der Waals surface area contributed by atoms with E-state index < -0.39 is 0 Å². The second-order valence-corrected chi connectivity index (χ2v) is 5.18. The lowest BCUT2D eigenvalue weighted by Gasteiger charge is -2.34. The van der Waals surface area contributed by atoms with Crippen LogP contribution in [0.25, 0.3) is 0 Å². The van der Waals surface area contributed by atoms with Crippen LogP contribution in [0.15, 0.2) is 0 Å². The number of carbonyl (C=O) groups is 1. The average Bonchev–Trinajstić information content (AvgIpc) is 2.25. The predicted molar refractivity (Wildman–Crippen MR) is 65.8 cm³/mol. The highest BCUT2D eigenvalue weighted by atomic mass is 16.1. The fourth-order valence-corrected chi connectivity index (χ4v) is 2.54. The molecule has 3 unspecified atom stereocenters. The van der Waals surface area contributed by atoms with Gasteiger partial charge >= 0.3 is 0 Å². The first-order chi connectivity index (χ1) is 7.56. The van der Waals surface area contributed by atoms with Crippen molar-refractivity contribution in [2.45, 2.75) is 51.6 Å². The number of rotatable bonds is 5. The Kier molecular flexibility index (Phi) is 5.22. The zero-order valence-electron chi connectivity index (χ0n) is 10.4. The van der Waals surface area contributed by atoms with E-state index >= 15 is 0 Å². The normalized spacial score (nSPS) is 28.0. The van der Waals surface area contributed by atoms with Crippen molar-refractivity contribution >= 4 is 5.91 Å². The number of carbonyl (C=O) groups excluding carboxylic acids is 1. The number of nitrogens with two attached hydrogens (primary N) is 2. The second kappa shape index (κ2) is 6.21. The third-order valence-corrected chi connectivity index (χ3v) is 3.58. The van der Waals surface area contributed by atoms with Gasteiger partial charge in [-0.25, -0.2) is 0 Å². The maximum atomic E-state index is 11.3. The number of hydrogen-bond donors (Lipinski definition) is 3. The van der Waals surface area contributed by atoms with Crippen LogP contribution in [0, 0.1) is 11.8 Å². The van der Waals surface area contributed by atoms with Gasteiger partial charge in [-0.05, 0) is 31.2 Å². The molecule has 0 bridgehead atoms. The summed E-state index contributed by atoms with van der Waals surface area (Å²) in [6, 6.07) is 0.135. The Labute approximate surface area is 98.1 Å². The van der Waals surface area contributed by atoms with Crippen molar-refractivity contribution in [2.75, 3.05) is 6.54 Å². The molecule has 1 amide bonds. The van der Waals surface area contributed by atoms with Crippen LogP contribution in [0.5, 0.6) is 0 Å². The molecule has 0 aromatic carbocycles. The summed E-state index contributed by atoms with van der Waals surface area (Å²) in [5.74, 6) is 0.476. The molecule has 5 N–H and O–H groups in total. The summed E-state index contributed by atoms with van der Waals surface area (Å²) in [5.41, 5.74) is 11.2. The quantitative estimate of drug-likeness (QED) is 0.643. The minimum Gasteiger partial charge on any atom is -0.368 e. The van der Waals surface area contributed by atoms with Crippen molar-refractivity contribution < 1.29 is 4.79 Å². The van der Waals surface area contributed by atoms with Crippen LogP contribution in [0.3, 0.4) is 0 Å². The Morgan fingerprint density at radius 1 is 1.38 bits per heavy atom. The number of hydrogen-bond acceptors (Lipinski definition) is 3. The third-order valence-electron chi connectivity index (χ3n) is 3.58. The van der Waals surface area contributed by atoms with Gasteiger partial charge in [0.05, 0.1) is 6.04 Å². The van der Waals surface area contributed by atoms with E-state index in [0.29, 0.717) is 18.5 Å². The minimum atomic E-state index is -0.253. The predicted octanol–water partition coefficient (Wildman–Crippen LogP) is 0.603. The fourth-order valence-electron chi connectivity index (χ4n) is 2.54. The van der Waals surface area contributed by atoms with Crippen molar-refractivity contribution in [3.8, 4) is 0 Å². The van der Waals surface area contributed by atoms with Gasteiger partial charge in [0, 0.05) is 6.04 Å². The van der Waals surface area contributed by atoms with Gasteiger partial charge in [-0.2, -0.15) is 0 Å². The van der Waals surface area contributed by atoms with E-state index in [9.17, 15) is 4.79 Å². The summed E-state index contributed by atoms with van der Waals surface area (Å²) < 4.78 is 0. The minimum absolute atomic E-state index is 0.225. The van der Waals surface area contributed by atoms with E-state index in [1.807, 2.05) is 13.8 Å². The van der Waals surface area contributed by atoms with Crippen molar-refractivity contribution in [1.82, 2.24) is 5.32 Å². The molecule has 4 heteroatoms. The topological polar surface area (TPSA) is 81.1 Å². The molecule has 3 atom stereocenters. The molecule has 1 aliphatic rings. The summed E-state index contributed by atoms with van der Waals surface area (Å²) in [4.78, 5) is 11.3. The smallest absolute Gasteiger partial charge is 0.234 e.